The van der Waals surface area contributed by atoms with Crippen molar-refractivity contribution in [3.8, 4) is 11.6 Å². The fraction of sp³-hybridized carbons (Fsp3) is 0.375. The third-order valence-electron chi connectivity index (χ3n) is 3.26. The second-order valence-electron chi connectivity index (χ2n) is 5.17. The zero-order chi connectivity index (χ0) is 13.9. The van der Waals surface area contributed by atoms with Crippen LogP contribution in [0.2, 0.25) is 0 Å². The number of benzene rings is 1. The van der Waals surface area contributed by atoms with E-state index in [0.29, 0.717) is 11.8 Å². The molecule has 1 aromatic heterocycles. The average Bonchev–Trinajstić information content (AvgIpc) is 3.26. The van der Waals surface area contributed by atoms with Crippen LogP contribution in [0.3, 0.4) is 0 Å². The van der Waals surface area contributed by atoms with E-state index in [4.69, 9.17) is 4.74 Å². The van der Waals surface area contributed by atoms with Crippen molar-refractivity contribution in [2.45, 2.75) is 32.6 Å². The summed E-state index contributed by atoms with van der Waals surface area (Å²) < 4.78 is 5.85. The van der Waals surface area contributed by atoms with Crippen molar-refractivity contribution in [1.29, 1.82) is 0 Å². The van der Waals surface area contributed by atoms with E-state index >= 15 is 0 Å². The van der Waals surface area contributed by atoms with E-state index in [-0.39, 0.29) is 0 Å². The Morgan fingerprint density at radius 3 is 2.60 bits per heavy atom. The van der Waals surface area contributed by atoms with Crippen LogP contribution in [0.5, 0.6) is 11.6 Å². The number of hydrogen-bond acceptors (Lipinski definition) is 4. The Kier molecular flexibility index (Phi) is 3.54. The van der Waals surface area contributed by atoms with Crippen LogP contribution >= 0.6 is 0 Å². The Morgan fingerprint density at radius 1 is 1.20 bits per heavy atom. The summed E-state index contributed by atoms with van der Waals surface area (Å²) in [6.07, 6.45) is 2.36. The minimum atomic E-state index is 0.508. The molecule has 1 fully saturated rings. The summed E-state index contributed by atoms with van der Waals surface area (Å²) in [6, 6.07) is 9.84. The summed E-state index contributed by atoms with van der Waals surface area (Å²) in [5.74, 6) is 3.66. The average molecular weight is 269 g/mol. The van der Waals surface area contributed by atoms with Crippen molar-refractivity contribution < 1.29 is 4.74 Å². The molecule has 1 saturated carbocycles. The molecule has 104 valence electrons. The van der Waals surface area contributed by atoms with E-state index in [2.05, 4.69) is 29.1 Å². The third kappa shape index (κ3) is 3.07. The van der Waals surface area contributed by atoms with Gasteiger partial charge >= 0.3 is 0 Å². The Hall–Kier alpha value is -2.10. The normalized spacial score (nSPS) is 14.1. The lowest BCUT2D eigenvalue weighted by Gasteiger charge is -2.09. The maximum absolute atomic E-state index is 5.85. The van der Waals surface area contributed by atoms with Gasteiger partial charge in [-0.15, -0.1) is 0 Å². The van der Waals surface area contributed by atoms with E-state index in [9.17, 15) is 0 Å². The van der Waals surface area contributed by atoms with Crippen molar-refractivity contribution in [1.82, 2.24) is 9.97 Å². The van der Waals surface area contributed by atoms with E-state index < -0.39 is 0 Å². The standard InChI is InChI=1S/C16H19N3O/c1-3-17-14-10-15(19-16(18-14)12-6-7-12)20-13-8-4-11(2)5-9-13/h4-5,8-10,12H,3,6-7H2,1-2H3,(H,17,18,19). The first-order valence-electron chi connectivity index (χ1n) is 7.12. The highest BCUT2D eigenvalue weighted by molar-refractivity contribution is 5.41. The highest BCUT2D eigenvalue weighted by atomic mass is 16.5. The summed E-state index contributed by atoms with van der Waals surface area (Å²) in [5, 5.41) is 3.23. The molecule has 0 radical (unpaired) electrons. The highest BCUT2D eigenvalue weighted by Gasteiger charge is 2.27. The van der Waals surface area contributed by atoms with Gasteiger partial charge in [0, 0.05) is 18.5 Å². The van der Waals surface area contributed by atoms with Gasteiger partial charge < -0.3 is 10.1 Å². The molecule has 3 rings (SSSR count). The largest absolute Gasteiger partial charge is 0.439 e. The Morgan fingerprint density at radius 2 is 1.95 bits per heavy atom. The van der Waals surface area contributed by atoms with Gasteiger partial charge in [-0.1, -0.05) is 17.7 Å². The van der Waals surface area contributed by atoms with Crippen LogP contribution < -0.4 is 10.1 Å². The summed E-state index contributed by atoms with van der Waals surface area (Å²) in [5.41, 5.74) is 1.21. The maximum atomic E-state index is 5.85. The molecule has 1 N–H and O–H groups in total. The summed E-state index contributed by atoms with van der Waals surface area (Å²) >= 11 is 0. The molecule has 4 nitrogen and oxygen atoms in total. The van der Waals surface area contributed by atoms with Crippen molar-refractivity contribution >= 4 is 5.82 Å². The molecule has 1 aliphatic rings. The quantitative estimate of drug-likeness (QED) is 0.894. The van der Waals surface area contributed by atoms with E-state index in [1.807, 2.05) is 30.3 Å². The van der Waals surface area contributed by atoms with E-state index in [1.54, 1.807) is 0 Å². The van der Waals surface area contributed by atoms with Crippen molar-refractivity contribution in [2.75, 3.05) is 11.9 Å². The lowest BCUT2D eigenvalue weighted by Crippen LogP contribution is -2.04. The number of hydrogen-bond donors (Lipinski definition) is 1. The van der Waals surface area contributed by atoms with Crippen molar-refractivity contribution in [2.24, 2.45) is 0 Å². The first-order chi connectivity index (χ1) is 9.74. The van der Waals surface area contributed by atoms with E-state index in [0.717, 1.165) is 23.9 Å². The topological polar surface area (TPSA) is 47.0 Å². The van der Waals surface area contributed by atoms with Gasteiger partial charge in [-0.05, 0) is 38.8 Å². The Bertz CT molecular complexity index is 591. The van der Waals surface area contributed by atoms with Crippen LogP contribution in [0.4, 0.5) is 5.82 Å². The Labute approximate surface area is 119 Å². The van der Waals surface area contributed by atoms with Gasteiger partial charge in [0.25, 0.3) is 0 Å². The molecule has 0 bridgehead atoms. The molecule has 1 heterocycles. The minimum Gasteiger partial charge on any atom is -0.439 e. The van der Waals surface area contributed by atoms with Gasteiger partial charge in [0.2, 0.25) is 5.88 Å². The summed E-state index contributed by atoms with van der Waals surface area (Å²) in [6.45, 7) is 4.95. The van der Waals surface area contributed by atoms with Gasteiger partial charge in [-0.25, -0.2) is 4.98 Å². The van der Waals surface area contributed by atoms with Crippen molar-refractivity contribution in [3.05, 3.63) is 41.7 Å². The third-order valence-corrected chi connectivity index (χ3v) is 3.26. The zero-order valence-electron chi connectivity index (χ0n) is 11.9. The molecule has 0 aliphatic heterocycles. The number of nitrogens with one attached hydrogen (secondary N) is 1. The summed E-state index contributed by atoms with van der Waals surface area (Å²) in [7, 11) is 0. The predicted molar refractivity (Wildman–Crippen MR) is 79.4 cm³/mol. The van der Waals surface area contributed by atoms with Gasteiger partial charge in [0.15, 0.2) is 0 Å². The smallest absolute Gasteiger partial charge is 0.224 e. The van der Waals surface area contributed by atoms with Crippen LogP contribution in [0.15, 0.2) is 30.3 Å². The van der Waals surface area contributed by atoms with Crippen LogP contribution in [0.25, 0.3) is 0 Å². The molecule has 2 aromatic rings. The molecule has 0 amide bonds. The molecule has 0 unspecified atom stereocenters. The predicted octanol–water partition coefficient (Wildman–Crippen LogP) is 3.89. The lowest BCUT2D eigenvalue weighted by atomic mass is 10.2. The lowest BCUT2D eigenvalue weighted by molar-refractivity contribution is 0.459. The molecule has 1 aromatic carbocycles. The minimum absolute atomic E-state index is 0.508. The number of nitrogens with zero attached hydrogens (tertiary/aromatic N) is 2. The van der Waals surface area contributed by atoms with Crippen LogP contribution in [-0.4, -0.2) is 16.5 Å². The molecule has 0 spiro atoms. The van der Waals surface area contributed by atoms with Gasteiger partial charge in [-0.3, -0.25) is 0 Å². The number of rotatable bonds is 5. The molecule has 0 atom stereocenters. The molecular weight excluding hydrogens is 250 g/mol. The summed E-state index contributed by atoms with van der Waals surface area (Å²) in [4.78, 5) is 9.06. The fourth-order valence-electron chi connectivity index (χ4n) is 2.02. The molecular formula is C16H19N3O. The van der Waals surface area contributed by atoms with Gasteiger partial charge in [-0.2, -0.15) is 4.98 Å². The number of aryl methyl sites for hydroxylation is 1. The first-order valence-corrected chi connectivity index (χ1v) is 7.12. The molecule has 1 aliphatic carbocycles. The SMILES string of the molecule is CCNc1cc(Oc2ccc(C)cc2)nc(C2CC2)n1. The highest BCUT2D eigenvalue weighted by Crippen LogP contribution is 2.39. The van der Waals surface area contributed by atoms with Crippen molar-refractivity contribution in [3.63, 3.8) is 0 Å². The maximum Gasteiger partial charge on any atom is 0.224 e. The van der Waals surface area contributed by atoms with Crippen LogP contribution in [-0.2, 0) is 0 Å². The second-order valence-corrected chi connectivity index (χ2v) is 5.17. The Balaban J connectivity index is 1.85. The van der Waals surface area contributed by atoms with Crippen LogP contribution in [0.1, 0.15) is 37.1 Å². The zero-order valence-corrected chi connectivity index (χ0v) is 11.9. The monoisotopic (exact) mass is 269 g/mol. The van der Waals surface area contributed by atoms with Gasteiger partial charge in [0.1, 0.15) is 17.4 Å². The molecule has 0 saturated heterocycles. The number of aromatic nitrogens is 2. The number of ether oxygens (including phenoxy) is 1. The molecule has 20 heavy (non-hydrogen) atoms. The number of anilines is 1. The van der Waals surface area contributed by atoms with Crippen LogP contribution in [0, 0.1) is 6.92 Å². The first kappa shape index (κ1) is 12.9. The molecule has 4 heteroatoms. The van der Waals surface area contributed by atoms with E-state index in [1.165, 1.54) is 18.4 Å². The fourth-order valence-corrected chi connectivity index (χ4v) is 2.02. The second kappa shape index (κ2) is 5.49. The van der Waals surface area contributed by atoms with Gasteiger partial charge in [0.05, 0.1) is 0 Å².